The molecule has 2 aromatic carbocycles. The number of benzene rings is 2. The van der Waals surface area contributed by atoms with Gasteiger partial charge in [0, 0.05) is 28.9 Å². The van der Waals surface area contributed by atoms with E-state index in [9.17, 15) is 10.1 Å². The highest BCUT2D eigenvalue weighted by atomic mass is 32.2. The summed E-state index contributed by atoms with van der Waals surface area (Å²) in [4.78, 5) is 11.5. The summed E-state index contributed by atoms with van der Waals surface area (Å²) < 4.78 is 0. The van der Waals surface area contributed by atoms with Gasteiger partial charge in [0.2, 0.25) is 0 Å². The van der Waals surface area contributed by atoms with Crippen LogP contribution in [0.1, 0.15) is 5.56 Å². The van der Waals surface area contributed by atoms with Crippen molar-refractivity contribution >= 4 is 23.1 Å². The van der Waals surface area contributed by atoms with Crippen LogP contribution in [0.3, 0.4) is 0 Å². The molecule has 0 amide bonds. The fraction of sp³-hybridized carbons (Fsp3) is 0.133. The molecule has 0 saturated heterocycles. The van der Waals surface area contributed by atoms with E-state index in [1.54, 1.807) is 17.8 Å². The molecule has 1 N–H and O–H groups in total. The van der Waals surface area contributed by atoms with Crippen molar-refractivity contribution in [2.75, 3.05) is 17.6 Å². The number of rotatable bonds is 6. The monoisotopic (exact) mass is 299 g/mol. The van der Waals surface area contributed by atoms with Gasteiger partial charge in [-0.15, -0.1) is 11.8 Å². The number of nitrogens with one attached hydrogen (secondary N) is 1. The normalized spacial score (nSPS) is 9.86. The number of anilines is 1. The molecular weight excluding hydrogens is 286 g/mol. The van der Waals surface area contributed by atoms with Crippen LogP contribution < -0.4 is 5.32 Å². The van der Waals surface area contributed by atoms with E-state index in [0.29, 0.717) is 12.2 Å². The van der Waals surface area contributed by atoms with Crippen LogP contribution >= 0.6 is 11.8 Å². The zero-order valence-electron chi connectivity index (χ0n) is 11.2. The molecule has 0 radical (unpaired) electrons. The van der Waals surface area contributed by atoms with E-state index >= 15 is 0 Å². The lowest BCUT2D eigenvalue weighted by Crippen LogP contribution is -2.04. The van der Waals surface area contributed by atoms with Crippen LogP contribution in [0.15, 0.2) is 53.4 Å². The van der Waals surface area contributed by atoms with Gasteiger partial charge in [-0.3, -0.25) is 10.1 Å². The average molecular weight is 299 g/mol. The van der Waals surface area contributed by atoms with Crippen molar-refractivity contribution in [3.8, 4) is 6.07 Å². The zero-order valence-corrected chi connectivity index (χ0v) is 12.0. The van der Waals surface area contributed by atoms with E-state index in [4.69, 9.17) is 5.26 Å². The van der Waals surface area contributed by atoms with Gasteiger partial charge in [-0.2, -0.15) is 5.26 Å². The van der Waals surface area contributed by atoms with Crippen LogP contribution in [0, 0.1) is 21.4 Å². The van der Waals surface area contributed by atoms with E-state index in [1.807, 2.05) is 36.4 Å². The maximum atomic E-state index is 10.9. The van der Waals surface area contributed by atoms with Crippen LogP contribution in [0.5, 0.6) is 0 Å². The van der Waals surface area contributed by atoms with Crippen LogP contribution in [0.4, 0.5) is 11.4 Å². The molecule has 21 heavy (non-hydrogen) atoms. The van der Waals surface area contributed by atoms with Crippen molar-refractivity contribution in [2.24, 2.45) is 0 Å². The van der Waals surface area contributed by atoms with Crippen LogP contribution in [-0.2, 0) is 0 Å². The quantitative estimate of drug-likeness (QED) is 0.381. The number of nitriles is 1. The molecule has 0 aromatic heterocycles. The Morgan fingerprint density at radius 2 is 2.00 bits per heavy atom. The summed E-state index contributed by atoms with van der Waals surface area (Å²) in [7, 11) is 0. The molecule has 0 saturated carbocycles. The topological polar surface area (TPSA) is 79.0 Å². The van der Waals surface area contributed by atoms with Crippen molar-refractivity contribution < 1.29 is 4.92 Å². The molecule has 0 aliphatic heterocycles. The van der Waals surface area contributed by atoms with Gasteiger partial charge in [0.05, 0.1) is 4.92 Å². The Hall–Kier alpha value is -2.52. The summed E-state index contributed by atoms with van der Waals surface area (Å²) in [5, 5.41) is 22.8. The van der Waals surface area contributed by atoms with E-state index < -0.39 is 4.92 Å². The van der Waals surface area contributed by atoms with Crippen LogP contribution in [0.2, 0.25) is 0 Å². The fourth-order valence-corrected chi connectivity index (χ4v) is 2.56. The second kappa shape index (κ2) is 7.31. The fourth-order valence-electron chi connectivity index (χ4n) is 1.77. The van der Waals surface area contributed by atoms with Crippen molar-refractivity contribution in [2.45, 2.75) is 4.90 Å². The highest BCUT2D eigenvalue weighted by Crippen LogP contribution is 2.23. The van der Waals surface area contributed by atoms with E-state index in [1.165, 1.54) is 17.0 Å². The predicted molar refractivity (Wildman–Crippen MR) is 83.5 cm³/mol. The Kier molecular flexibility index (Phi) is 5.18. The molecule has 0 atom stereocenters. The molecule has 0 bridgehead atoms. The Morgan fingerprint density at radius 3 is 2.67 bits per heavy atom. The third-order valence-corrected chi connectivity index (χ3v) is 3.77. The molecule has 0 aliphatic carbocycles. The summed E-state index contributed by atoms with van der Waals surface area (Å²) in [5.74, 6) is 0.845. The van der Waals surface area contributed by atoms with Crippen LogP contribution in [-0.4, -0.2) is 17.2 Å². The second-order valence-corrected chi connectivity index (χ2v) is 5.36. The van der Waals surface area contributed by atoms with Gasteiger partial charge in [0.15, 0.2) is 0 Å². The Morgan fingerprint density at radius 1 is 1.24 bits per heavy atom. The molecule has 0 spiro atoms. The number of thioether (sulfide) groups is 1. The molecule has 0 heterocycles. The molecule has 0 aliphatic rings. The minimum Gasteiger partial charge on any atom is -0.384 e. The lowest BCUT2D eigenvalue weighted by Gasteiger charge is -2.06. The molecule has 6 heteroatoms. The molecule has 2 rings (SSSR count). The molecule has 0 fully saturated rings. The summed E-state index contributed by atoms with van der Waals surface area (Å²) in [6, 6.07) is 16.4. The summed E-state index contributed by atoms with van der Waals surface area (Å²) in [6.45, 7) is 0.683. The average Bonchev–Trinajstić information content (AvgIpc) is 2.52. The van der Waals surface area contributed by atoms with Crippen molar-refractivity contribution in [3.63, 3.8) is 0 Å². The third kappa shape index (κ3) is 4.23. The van der Waals surface area contributed by atoms with Gasteiger partial charge in [0.1, 0.15) is 11.6 Å². The predicted octanol–water partition coefficient (Wildman–Crippen LogP) is 3.67. The highest BCUT2D eigenvalue weighted by molar-refractivity contribution is 7.99. The first-order valence-electron chi connectivity index (χ1n) is 6.31. The van der Waals surface area contributed by atoms with Gasteiger partial charge < -0.3 is 5.32 Å². The maximum absolute atomic E-state index is 10.9. The first-order valence-corrected chi connectivity index (χ1v) is 7.29. The number of hydrogen-bond donors (Lipinski definition) is 1. The minimum atomic E-state index is -0.539. The van der Waals surface area contributed by atoms with Crippen molar-refractivity contribution in [1.29, 1.82) is 5.26 Å². The maximum Gasteiger partial charge on any atom is 0.289 e. The van der Waals surface area contributed by atoms with Crippen LogP contribution in [0.25, 0.3) is 0 Å². The largest absolute Gasteiger partial charge is 0.384 e. The van der Waals surface area contributed by atoms with Gasteiger partial charge in [-0.05, 0) is 24.3 Å². The number of nitrogens with zero attached hydrogens (tertiary/aromatic N) is 2. The highest BCUT2D eigenvalue weighted by Gasteiger charge is 2.13. The molecule has 106 valence electrons. The zero-order chi connectivity index (χ0) is 15.1. The molecule has 5 nitrogen and oxygen atoms in total. The Balaban J connectivity index is 1.90. The SMILES string of the molecule is N#Cc1ccc(NCCSc2ccccc2)cc1[N+](=O)[O-]. The Labute approximate surface area is 126 Å². The van der Waals surface area contributed by atoms with Gasteiger partial charge in [-0.1, -0.05) is 18.2 Å². The van der Waals surface area contributed by atoms with Gasteiger partial charge in [0.25, 0.3) is 5.69 Å². The van der Waals surface area contributed by atoms with Crippen molar-refractivity contribution in [3.05, 3.63) is 64.2 Å². The van der Waals surface area contributed by atoms with E-state index in [-0.39, 0.29) is 11.3 Å². The molecule has 2 aromatic rings. The second-order valence-electron chi connectivity index (χ2n) is 4.19. The summed E-state index contributed by atoms with van der Waals surface area (Å²) in [5.41, 5.74) is 0.553. The lowest BCUT2D eigenvalue weighted by molar-refractivity contribution is -0.385. The first kappa shape index (κ1) is 14.9. The van der Waals surface area contributed by atoms with Gasteiger partial charge in [-0.25, -0.2) is 0 Å². The first-order chi connectivity index (χ1) is 10.2. The third-order valence-electron chi connectivity index (χ3n) is 2.76. The standard InChI is InChI=1S/C15H13N3O2S/c16-11-12-6-7-13(10-15(12)18(19)20)17-8-9-21-14-4-2-1-3-5-14/h1-7,10,17H,8-9H2. The smallest absolute Gasteiger partial charge is 0.289 e. The number of nitro benzene ring substituents is 1. The molecule has 0 unspecified atom stereocenters. The number of nitro groups is 1. The van der Waals surface area contributed by atoms with E-state index in [2.05, 4.69) is 5.32 Å². The minimum absolute atomic E-state index is 0.0733. The van der Waals surface area contributed by atoms with E-state index in [0.717, 1.165) is 5.75 Å². The van der Waals surface area contributed by atoms with Crippen molar-refractivity contribution in [1.82, 2.24) is 0 Å². The Bertz CT molecular complexity index is 668. The number of hydrogen-bond acceptors (Lipinski definition) is 5. The molecular formula is C15H13N3O2S. The summed E-state index contributed by atoms with van der Waals surface area (Å²) >= 11 is 1.71. The lowest BCUT2D eigenvalue weighted by atomic mass is 10.2. The summed E-state index contributed by atoms with van der Waals surface area (Å²) in [6.07, 6.45) is 0. The van der Waals surface area contributed by atoms with Gasteiger partial charge >= 0.3 is 0 Å².